The van der Waals surface area contributed by atoms with Gasteiger partial charge in [0.15, 0.2) is 12.2 Å². The van der Waals surface area contributed by atoms with Crippen LogP contribution in [0.5, 0.6) is 0 Å². The molecule has 6 nitrogen and oxygen atoms in total. The summed E-state index contributed by atoms with van der Waals surface area (Å²) >= 11 is 0. The Balaban J connectivity index is 1.44. The molecule has 0 aromatic heterocycles. The standard InChI is InChI=1S/C34H30O6/c35-33(27-17-9-3-10-18-27)39-31-29(37-23-25-13-5-1-6-14-25)21-22-30(38-24-26-15-7-2-8-16-26)32(31)40-34(36)28-19-11-4-12-20-28/h1-22,29-32H,23-24H2/t29-,30-,31-,32+/m1/s1. The Morgan fingerprint density at radius 2 is 0.800 bits per heavy atom. The van der Waals surface area contributed by atoms with Crippen LogP contribution in [0.3, 0.4) is 0 Å². The van der Waals surface area contributed by atoms with Gasteiger partial charge in [0, 0.05) is 0 Å². The molecular formula is C34H30O6. The van der Waals surface area contributed by atoms with E-state index in [1.54, 1.807) is 48.5 Å². The lowest BCUT2D eigenvalue weighted by atomic mass is 9.94. The van der Waals surface area contributed by atoms with Crippen LogP contribution in [0.2, 0.25) is 0 Å². The molecule has 0 spiro atoms. The van der Waals surface area contributed by atoms with Gasteiger partial charge in [-0.15, -0.1) is 0 Å². The van der Waals surface area contributed by atoms with Crippen molar-refractivity contribution in [2.75, 3.05) is 0 Å². The van der Waals surface area contributed by atoms with Crippen LogP contribution in [0.15, 0.2) is 133 Å². The molecular weight excluding hydrogens is 504 g/mol. The minimum Gasteiger partial charge on any atom is -0.452 e. The van der Waals surface area contributed by atoms with Crippen LogP contribution < -0.4 is 0 Å². The lowest BCUT2D eigenvalue weighted by molar-refractivity contribution is -0.136. The number of carbonyl (C=O) groups is 2. The first-order chi connectivity index (χ1) is 19.7. The van der Waals surface area contributed by atoms with E-state index in [2.05, 4.69) is 0 Å². The van der Waals surface area contributed by atoms with E-state index in [1.807, 2.05) is 84.9 Å². The molecule has 202 valence electrons. The number of rotatable bonds is 10. The Morgan fingerprint density at radius 3 is 1.15 bits per heavy atom. The molecule has 4 atom stereocenters. The maximum absolute atomic E-state index is 13.2. The van der Waals surface area contributed by atoms with E-state index in [1.165, 1.54) is 0 Å². The first-order valence-electron chi connectivity index (χ1n) is 13.2. The van der Waals surface area contributed by atoms with Crippen LogP contribution in [0.1, 0.15) is 31.8 Å². The van der Waals surface area contributed by atoms with E-state index in [0.717, 1.165) is 11.1 Å². The Bertz CT molecular complexity index is 1280. The van der Waals surface area contributed by atoms with Gasteiger partial charge in [0.25, 0.3) is 0 Å². The molecule has 4 aromatic carbocycles. The number of carbonyl (C=O) groups excluding carboxylic acids is 2. The van der Waals surface area contributed by atoms with Gasteiger partial charge in [0.2, 0.25) is 0 Å². The Labute approximate surface area is 233 Å². The molecule has 0 aliphatic heterocycles. The number of ether oxygens (including phenoxy) is 4. The largest absolute Gasteiger partial charge is 0.452 e. The summed E-state index contributed by atoms with van der Waals surface area (Å²) in [6.07, 6.45) is 0.337. The van der Waals surface area contributed by atoms with Crippen molar-refractivity contribution in [3.05, 3.63) is 156 Å². The lowest BCUT2D eigenvalue weighted by Crippen LogP contribution is -2.52. The number of benzene rings is 4. The van der Waals surface area contributed by atoms with Gasteiger partial charge in [0.05, 0.1) is 24.3 Å². The van der Waals surface area contributed by atoms with Gasteiger partial charge < -0.3 is 18.9 Å². The summed E-state index contributed by atoms with van der Waals surface area (Å²) < 4.78 is 24.5. The second-order valence-corrected chi connectivity index (χ2v) is 9.38. The lowest BCUT2D eigenvalue weighted by Gasteiger charge is -2.38. The molecule has 0 amide bonds. The molecule has 4 aromatic rings. The third kappa shape index (κ3) is 7.11. The van der Waals surface area contributed by atoms with Crippen molar-refractivity contribution < 1.29 is 28.5 Å². The fourth-order valence-corrected chi connectivity index (χ4v) is 4.45. The van der Waals surface area contributed by atoms with E-state index in [9.17, 15) is 9.59 Å². The van der Waals surface area contributed by atoms with Gasteiger partial charge in [0.1, 0.15) is 12.2 Å². The van der Waals surface area contributed by atoms with Crippen molar-refractivity contribution in [2.24, 2.45) is 0 Å². The molecule has 1 aliphatic carbocycles. The van der Waals surface area contributed by atoms with Crippen molar-refractivity contribution >= 4 is 11.9 Å². The van der Waals surface area contributed by atoms with Gasteiger partial charge in [-0.1, -0.05) is 109 Å². The van der Waals surface area contributed by atoms with E-state index in [-0.39, 0.29) is 13.2 Å². The summed E-state index contributed by atoms with van der Waals surface area (Å²) in [6.45, 7) is 0.564. The fraction of sp³-hybridized carbons (Fsp3) is 0.176. The van der Waals surface area contributed by atoms with Crippen LogP contribution in [0.4, 0.5) is 0 Å². The van der Waals surface area contributed by atoms with E-state index >= 15 is 0 Å². The first kappa shape index (κ1) is 27.1. The van der Waals surface area contributed by atoms with E-state index in [4.69, 9.17) is 18.9 Å². The number of hydrogen-bond acceptors (Lipinski definition) is 6. The maximum Gasteiger partial charge on any atom is 0.338 e. The highest BCUT2D eigenvalue weighted by molar-refractivity contribution is 5.90. The third-order valence-corrected chi connectivity index (χ3v) is 6.54. The molecule has 0 bridgehead atoms. The van der Waals surface area contributed by atoms with Crippen LogP contribution >= 0.6 is 0 Å². The minimum absolute atomic E-state index is 0.282. The van der Waals surface area contributed by atoms with Crippen LogP contribution in [-0.4, -0.2) is 36.4 Å². The van der Waals surface area contributed by atoms with Crippen molar-refractivity contribution in [3.8, 4) is 0 Å². The molecule has 0 N–H and O–H groups in total. The molecule has 0 saturated heterocycles. The highest BCUT2D eigenvalue weighted by Crippen LogP contribution is 2.28. The van der Waals surface area contributed by atoms with Crippen LogP contribution in [0.25, 0.3) is 0 Å². The van der Waals surface area contributed by atoms with Gasteiger partial charge in [-0.3, -0.25) is 0 Å². The van der Waals surface area contributed by atoms with Gasteiger partial charge >= 0.3 is 11.9 Å². The monoisotopic (exact) mass is 534 g/mol. The summed E-state index contributed by atoms with van der Waals surface area (Å²) in [4.78, 5) is 26.5. The van der Waals surface area contributed by atoms with Crippen LogP contribution in [0, 0.1) is 0 Å². The molecule has 0 radical (unpaired) electrons. The number of hydrogen-bond donors (Lipinski definition) is 0. The van der Waals surface area contributed by atoms with Crippen molar-refractivity contribution in [3.63, 3.8) is 0 Å². The fourth-order valence-electron chi connectivity index (χ4n) is 4.45. The molecule has 1 aliphatic rings. The summed E-state index contributed by atoms with van der Waals surface area (Å²) in [7, 11) is 0. The van der Waals surface area contributed by atoms with Crippen molar-refractivity contribution in [1.29, 1.82) is 0 Å². The molecule has 0 fully saturated rings. The zero-order chi connectivity index (χ0) is 27.6. The first-order valence-corrected chi connectivity index (χ1v) is 13.2. The quantitative estimate of drug-likeness (QED) is 0.179. The van der Waals surface area contributed by atoms with Gasteiger partial charge in [-0.25, -0.2) is 9.59 Å². The van der Waals surface area contributed by atoms with E-state index in [0.29, 0.717) is 11.1 Å². The highest BCUT2D eigenvalue weighted by Gasteiger charge is 2.43. The Kier molecular flexibility index (Phi) is 9.14. The van der Waals surface area contributed by atoms with E-state index < -0.39 is 36.4 Å². The van der Waals surface area contributed by atoms with Crippen molar-refractivity contribution in [2.45, 2.75) is 37.6 Å². The molecule has 0 unspecified atom stereocenters. The molecule has 5 rings (SSSR count). The van der Waals surface area contributed by atoms with Gasteiger partial charge in [-0.05, 0) is 35.4 Å². The maximum atomic E-state index is 13.2. The average molecular weight is 535 g/mol. The van der Waals surface area contributed by atoms with Crippen molar-refractivity contribution in [1.82, 2.24) is 0 Å². The Hall–Kier alpha value is -4.52. The van der Waals surface area contributed by atoms with Crippen LogP contribution in [-0.2, 0) is 32.2 Å². The SMILES string of the molecule is O=C(O[C@@H]1[C@H](OC(=O)c2ccccc2)[C@H](OCc2ccccc2)C=C[C@H]1OCc1ccccc1)c1ccccc1. The summed E-state index contributed by atoms with van der Waals surface area (Å²) in [5, 5.41) is 0. The summed E-state index contributed by atoms with van der Waals surface area (Å²) in [5.41, 5.74) is 2.69. The summed E-state index contributed by atoms with van der Waals surface area (Å²) in [6, 6.07) is 36.8. The zero-order valence-electron chi connectivity index (χ0n) is 21.9. The third-order valence-electron chi connectivity index (χ3n) is 6.54. The minimum atomic E-state index is -0.963. The molecule has 0 saturated carbocycles. The normalized spacial score (nSPS) is 20.0. The second kappa shape index (κ2) is 13.5. The topological polar surface area (TPSA) is 71.1 Å². The second-order valence-electron chi connectivity index (χ2n) is 9.38. The number of esters is 2. The highest BCUT2D eigenvalue weighted by atomic mass is 16.6. The predicted octanol–water partition coefficient (Wildman–Crippen LogP) is 6.18. The average Bonchev–Trinajstić information content (AvgIpc) is 3.02. The van der Waals surface area contributed by atoms with Gasteiger partial charge in [-0.2, -0.15) is 0 Å². The zero-order valence-corrected chi connectivity index (χ0v) is 21.9. The smallest absolute Gasteiger partial charge is 0.338 e. The molecule has 40 heavy (non-hydrogen) atoms. The molecule has 6 heteroatoms. The molecule has 0 heterocycles. The Morgan fingerprint density at radius 1 is 0.475 bits per heavy atom. The summed E-state index contributed by atoms with van der Waals surface area (Å²) in [5.74, 6) is -1.09. The predicted molar refractivity (Wildman–Crippen MR) is 150 cm³/mol.